The van der Waals surface area contributed by atoms with E-state index in [9.17, 15) is 14.7 Å². The number of ether oxygens (including phenoxy) is 2. The quantitative estimate of drug-likeness (QED) is 0.551. The van der Waals surface area contributed by atoms with E-state index in [2.05, 4.69) is 20.6 Å². The fraction of sp³-hybridized carbons (Fsp3) is 0.600. The summed E-state index contributed by atoms with van der Waals surface area (Å²) in [5, 5.41) is 23.9. The van der Waals surface area contributed by atoms with Crippen LogP contribution in [0.5, 0.6) is 0 Å². The number of hydrogen-bond acceptors (Lipinski definition) is 6. The predicted molar refractivity (Wildman–Crippen MR) is 112 cm³/mol. The van der Waals surface area contributed by atoms with E-state index in [1.807, 2.05) is 6.92 Å². The molecule has 1 aliphatic carbocycles. The van der Waals surface area contributed by atoms with Crippen LogP contribution in [-0.2, 0) is 23.1 Å². The zero-order chi connectivity index (χ0) is 22.5. The van der Waals surface area contributed by atoms with E-state index in [-0.39, 0.29) is 23.9 Å². The number of hydrogen-bond donors (Lipinski definition) is 3. The molecule has 0 radical (unpaired) electrons. The van der Waals surface area contributed by atoms with Gasteiger partial charge in [0.2, 0.25) is 0 Å². The first-order valence-corrected chi connectivity index (χ1v) is 10.2. The van der Waals surface area contributed by atoms with Crippen molar-refractivity contribution in [1.29, 1.82) is 0 Å². The van der Waals surface area contributed by atoms with Crippen LogP contribution < -0.4 is 5.32 Å². The van der Waals surface area contributed by atoms with Crippen LogP contribution in [0.2, 0.25) is 0 Å². The van der Waals surface area contributed by atoms with Crippen molar-refractivity contribution in [2.24, 2.45) is 7.05 Å². The number of anilines is 1. The summed E-state index contributed by atoms with van der Waals surface area (Å²) in [5.41, 5.74) is 1.95. The highest BCUT2D eigenvalue weighted by Gasteiger charge is 2.36. The SMILES string of the molecule is COCc1cc(C(=O)Nc2cc([C@H]3CC[C@@H](N(C(=O)O)C(C)COC)C3)[nH]n2)n(C)n1. The zero-order valence-corrected chi connectivity index (χ0v) is 18.3. The van der Waals surface area contributed by atoms with Gasteiger partial charge in [0.25, 0.3) is 5.91 Å². The van der Waals surface area contributed by atoms with E-state index in [4.69, 9.17) is 9.47 Å². The molecule has 0 bridgehead atoms. The maximum Gasteiger partial charge on any atom is 0.407 e. The van der Waals surface area contributed by atoms with E-state index >= 15 is 0 Å². The van der Waals surface area contributed by atoms with Gasteiger partial charge in [0, 0.05) is 45.0 Å². The standard InChI is InChI=1S/C20H30N6O5/c1-12(10-30-3)26(20(28)29)15-6-5-13(7-15)16-9-18(23-22-16)21-19(27)17-8-14(11-31-4)24-25(17)2/h8-9,12-13,15H,5-7,10-11H2,1-4H3,(H,28,29)(H2,21,22,23,27)/t12?,13-,15+/m0/s1. The molecule has 1 saturated carbocycles. The van der Waals surface area contributed by atoms with Gasteiger partial charge < -0.3 is 24.8 Å². The molecule has 0 spiro atoms. The molecular weight excluding hydrogens is 404 g/mol. The molecule has 0 aliphatic heterocycles. The largest absolute Gasteiger partial charge is 0.465 e. The summed E-state index contributed by atoms with van der Waals surface area (Å²) in [6.45, 7) is 2.53. The van der Waals surface area contributed by atoms with E-state index in [0.717, 1.165) is 18.5 Å². The molecule has 31 heavy (non-hydrogen) atoms. The minimum absolute atomic E-state index is 0.0809. The highest BCUT2D eigenvalue weighted by Crippen LogP contribution is 2.37. The van der Waals surface area contributed by atoms with Gasteiger partial charge in [-0.05, 0) is 32.3 Å². The summed E-state index contributed by atoms with van der Waals surface area (Å²) in [6.07, 6.45) is 1.36. The van der Waals surface area contributed by atoms with Gasteiger partial charge in [-0.15, -0.1) is 0 Å². The van der Waals surface area contributed by atoms with Crippen molar-refractivity contribution in [3.05, 3.63) is 29.2 Å². The Morgan fingerprint density at radius 2 is 2.13 bits per heavy atom. The molecule has 1 fully saturated rings. The summed E-state index contributed by atoms with van der Waals surface area (Å²) in [7, 11) is 4.83. The first kappa shape index (κ1) is 22.8. The molecule has 1 unspecified atom stereocenters. The van der Waals surface area contributed by atoms with Crippen LogP contribution >= 0.6 is 0 Å². The van der Waals surface area contributed by atoms with Crippen molar-refractivity contribution in [2.45, 2.75) is 50.8 Å². The lowest BCUT2D eigenvalue weighted by molar-refractivity contribution is 0.0646. The number of aromatic nitrogens is 4. The highest BCUT2D eigenvalue weighted by molar-refractivity contribution is 6.02. The van der Waals surface area contributed by atoms with Gasteiger partial charge >= 0.3 is 6.09 Å². The monoisotopic (exact) mass is 434 g/mol. The molecule has 11 nitrogen and oxygen atoms in total. The Morgan fingerprint density at radius 3 is 2.81 bits per heavy atom. The second-order valence-corrected chi connectivity index (χ2v) is 7.90. The Hall–Kier alpha value is -2.92. The number of amides is 2. The maximum absolute atomic E-state index is 12.6. The van der Waals surface area contributed by atoms with Crippen LogP contribution in [-0.4, -0.2) is 74.9 Å². The molecule has 3 N–H and O–H groups in total. The molecule has 3 atom stereocenters. The second kappa shape index (κ2) is 9.92. The van der Waals surface area contributed by atoms with Gasteiger partial charge in [0.05, 0.1) is 24.9 Å². The fourth-order valence-corrected chi connectivity index (χ4v) is 4.27. The number of carbonyl (C=O) groups excluding carboxylic acids is 1. The lowest BCUT2D eigenvalue weighted by Crippen LogP contribution is -2.46. The second-order valence-electron chi connectivity index (χ2n) is 7.90. The van der Waals surface area contributed by atoms with Crippen LogP contribution in [0.3, 0.4) is 0 Å². The van der Waals surface area contributed by atoms with Gasteiger partial charge in [-0.2, -0.15) is 10.2 Å². The molecule has 1 aliphatic rings. The molecule has 3 rings (SSSR count). The molecule has 2 aromatic heterocycles. The topological polar surface area (TPSA) is 135 Å². The van der Waals surface area contributed by atoms with Crippen LogP contribution in [0.4, 0.5) is 10.6 Å². The average Bonchev–Trinajstić information content (AvgIpc) is 3.42. The third kappa shape index (κ3) is 5.23. The van der Waals surface area contributed by atoms with Crippen LogP contribution in [0.1, 0.15) is 54.0 Å². The van der Waals surface area contributed by atoms with E-state index < -0.39 is 6.09 Å². The summed E-state index contributed by atoms with van der Waals surface area (Å²) in [4.78, 5) is 25.8. The van der Waals surface area contributed by atoms with Crippen molar-refractivity contribution in [1.82, 2.24) is 24.9 Å². The lowest BCUT2D eigenvalue weighted by Gasteiger charge is -2.31. The Kier molecular flexibility index (Phi) is 7.29. The molecule has 170 valence electrons. The van der Waals surface area contributed by atoms with Crippen LogP contribution in [0.15, 0.2) is 12.1 Å². The zero-order valence-electron chi connectivity index (χ0n) is 18.3. The number of nitrogens with one attached hydrogen (secondary N) is 2. The Bertz CT molecular complexity index is 910. The van der Waals surface area contributed by atoms with Gasteiger partial charge in [0.15, 0.2) is 5.82 Å². The molecule has 2 aromatic rings. The van der Waals surface area contributed by atoms with Gasteiger partial charge in [-0.1, -0.05) is 0 Å². The molecular formula is C20H30N6O5. The van der Waals surface area contributed by atoms with Crippen LogP contribution in [0, 0.1) is 0 Å². The number of carboxylic acid groups (broad SMARTS) is 1. The van der Waals surface area contributed by atoms with Crippen molar-refractivity contribution < 1.29 is 24.2 Å². The lowest BCUT2D eigenvalue weighted by atomic mass is 10.0. The summed E-state index contributed by atoms with van der Waals surface area (Å²) >= 11 is 0. The van der Waals surface area contributed by atoms with Crippen molar-refractivity contribution in [3.63, 3.8) is 0 Å². The molecule has 0 saturated heterocycles. The normalized spacial score (nSPS) is 19.4. The Labute approximate surface area is 180 Å². The molecule has 0 aromatic carbocycles. The number of rotatable bonds is 9. The third-order valence-electron chi connectivity index (χ3n) is 5.64. The van der Waals surface area contributed by atoms with Crippen molar-refractivity contribution in [2.75, 3.05) is 26.1 Å². The average molecular weight is 434 g/mol. The van der Waals surface area contributed by atoms with E-state index in [1.54, 1.807) is 33.4 Å². The smallest absolute Gasteiger partial charge is 0.407 e. The summed E-state index contributed by atoms with van der Waals surface area (Å²) in [6, 6.07) is 3.18. The number of carbonyl (C=O) groups is 2. The highest BCUT2D eigenvalue weighted by atomic mass is 16.5. The van der Waals surface area contributed by atoms with Gasteiger partial charge in [-0.3, -0.25) is 14.6 Å². The van der Waals surface area contributed by atoms with Crippen molar-refractivity contribution in [3.8, 4) is 0 Å². The number of H-pyrrole nitrogens is 1. The summed E-state index contributed by atoms with van der Waals surface area (Å²) < 4.78 is 11.7. The Balaban J connectivity index is 1.63. The summed E-state index contributed by atoms with van der Waals surface area (Å²) in [5.74, 6) is 0.246. The minimum Gasteiger partial charge on any atom is -0.465 e. The Morgan fingerprint density at radius 1 is 1.35 bits per heavy atom. The van der Waals surface area contributed by atoms with Crippen molar-refractivity contribution >= 4 is 17.8 Å². The van der Waals surface area contributed by atoms with E-state index in [1.165, 1.54) is 9.58 Å². The fourth-order valence-electron chi connectivity index (χ4n) is 4.27. The molecule has 11 heteroatoms. The minimum atomic E-state index is -0.934. The first-order chi connectivity index (χ1) is 14.8. The van der Waals surface area contributed by atoms with Gasteiger partial charge in [0.1, 0.15) is 5.69 Å². The molecule has 2 amide bonds. The van der Waals surface area contributed by atoms with Crippen LogP contribution in [0.25, 0.3) is 0 Å². The number of aryl methyl sites for hydroxylation is 1. The van der Waals surface area contributed by atoms with E-state index in [0.29, 0.717) is 36.8 Å². The number of aromatic amines is 1. The molecule has 2 heterocycles. The van der Waals surface area contributed by atoms with Gasteiger partial charge in [-0.25, -0.2) is 4.79 Å². The third-order valence-corrected chi connectivity index (χ3v) is 5.64. The predicted octanol–water partition coefficient (Wildman–Crippen LogP) is 2.19. The first-order valence-electron chi connectivity index (χ1n) is 10.2. The number of methoxy groups -OCH3 is 2. The maximum atomic E-state index is 12.6. The number of nitrogens with zero attached hydrogens (tertiary/aromatic N) is 4.